The summed E-state index contributed by atoms with van der Waals surface area (Å²) in [5.74, 6) is 3.16. The molecule has 6 heteroatoms. The molecule has 2 heterocycles. The molecule has 0 fully saturated rings. The molecule has 0 spiro atoms. The van der Waals surface area contributed by atoms with Crippen molar-refractivity contribution < 1.29 is 13.9 Å². The summed E-state index contributed by atoms with van der Waals surface area (Å²) >= 11 is 0. The van der Waals surface area contributed by atoms with Gasteiger partial charge in [0.05, 0.1) is 20.0 Å². The quantitative estimate of drug-likeness (QED) is 0.779. The molecular formula is C15H15N3O3. The maximum absolute atomic E-state index is 5.56. The molecule has 0 amide bonds. The van der Waals surface area contributed by atoms with E-state index in [9.17, 15) is 0 Å². The van der Waals surface area contributed by atoms with E-state index in [-0.39, 0.29) is 0 Å². The zero-order valence-corrected chi connectivity index (χ0v) is 11.8. The maximum atomic E-state index is 5.56. The highest BCUT2D eigenvalue weighted by molar-refractivity contribution is 5.62. The van der Waals surface area contributed by atoms with Crippen LogP contribution in [0.1, 0.15) is 6.92 Å². The molecule has 3 rings (SSSR count). The predicted molar refractivity (Wildman–Crippen MR) is 77.2 cm³/mol. The SMILES string of the molecule is CCOc1cc(-c2n[nH]c(-c3ccco3)n2)ccc1OC. The van der Waals surface area contributed by atoms with E-state index in [4.69, 9.17) is 13.9 Å². The van der Waals surface area contributed by atoms with Crippen molar-refractivity contribution in [2.75, 3.05) is 13.7 Å². The van der Waals surface area contributed by atoms with Gasteiger partial charge >= 0.3 is 0 Å². The van der Waals surface area contributed by atoms with Crippen LogP contribution in [0.15, 0.2) is 41.0 Å². The Labute approximate surface area is 121 Å². The van der Waals surface area contributed by atoms with Crippen molar-refractivity contribution in [1.82, 2.24) is 15.2 Å². The molecule has 108 valence electrons. The van der Waals surface area contributed by atoms with Crippen LogP contribution >= 0.6 is 0 Å². The molecule has 21 heavy (non-hydrogen) atoms. The average Bonchev–Trinajstić information content (AvgIpc) is 3.18. The van der Waals surface area contributed by atoms with E-state index in [1.54, 1.807) is 19.4 Å². The minimum absolute atomic E-state index is 0.561. The number of nitrogens with one attached hydrogen (secondary N) is 1. The average molecular weight is 285 g/mol. The van der Waals surface area contributed by atoms with Crippen molar-refractivity contribution in [2.24, 2.45) is 0 Å². The fourth-order valence-corrected chi connectivity index (χ4v) is 2.00. The summed E-state index contributed by atoms with van der Waals surface area (Å²) in [6.45, 7) is 2.49. The molecule has 6 nitrogen and oxygen atoms in total. The summed E-state index contributed by atoms with van der Waals surface area (Å²) < 4.78 is 16.1. The molecule has 0 aliphatic rings. The number of H-pyrrole nitrogens is 1. The smallest absolute Gasteiger partial charge is 0.192 e. The Hall–Kier alpha value is -2.76. The molecular weight excluding hydrogens is 270 g/mol. The van der Waals surface area contributed by atoms with Crippen LogP contribution in [0, 0.1) is 0 Å². The lowest BCUT2D eigenvalue weighted by Crippen LogP contribution is -1.96. The number of aromatic amines is 1. The molecule has 0 atom stereocenters. The highest BCUT2D eigenvalue weighted by atomic mass is 16.5. The van der Waals surface area contributed by atoms with Gasteiger partial charge < -0.3 is 13.9 Å². The van der Waals surface area contributed by atoms with Crippen LogP contribution in [0.5, 0.6) is 11.5 Å². The van der Waals surface area contributed by atoms with Gasteiger partial charge in [-0.1, -0.05) is 0 Å². The number of aromatic nitrogens is 3. The van der Waals surface area contributed by atoms with Gasteiger partial charge in [-0.3, -0.25) is 5.10 Å². The first-order valence-electron chi connectivity index (χ1n) is 6.59. The highest BCUT2D eigenvalue weighted by Gasteiger charge is 2.12. The first-order chi connectivity index (χ1) is 10.3. The van der Waals surface area contributed by atoms with E-state index in [1.807, 2.05) is 31.2 Å². The lowest BCUT2D eigenvalue weighted by molar-refractivity contribution is 0.311. The van der Waals surface area contributed by atoms with Crippen molar-refractivity contribution in [3.8, 4) is 34.5 Å². The van der Waals surface area contributed by atoms with Gasteiger partial charge in [0.15, 0.2) is 28.9 Å². The van der Waals surface area contributed by atoms with Crippen molar-refractivity contribution in [3.05, 3.63) is 36.6 Å². The normalized spacial score (nSPS) is 10.6. The minimum atomic E-state index is 0.561. The summed E-state index contributed by atoms with van der Waals surface area (Å²) in [5.41, 5.74) is 0.841. The first-order valence-corrected chi connectivity index (χ1v) is 6.59. The van der Waals surface area contributed by atoms with Gasteiger partial charge in [0, 0.05) is 5.56 Å². The van der Waals surface area contributed by atoms with Crippen molar-refractivity contribution in [3.63, 3.8) is 0 Å². The van der Waals surface area contributed by atoms with E-state index in [1.165, 1.54) is 0 Å². The second-order valence-electron chi connectivity index (χ2n) is 4.28. The highest BCUT2D eigenvalue weighted by Crippen LogP contribution is 2.31. The van der Waals surface area contributed by atoms with E-state index in [0.717, 1.165) is 5.56 Å². The van der Waals surface area contributed by atoms with Crippen LogP contribution in [0.2, 0.25) is 0 Å². The zero-order valence-electron chi connectivity index (χ0n) is 11.8. The van der Waals surface area contributed by atoms with Crippen LogP contribution in [0.25, 0.3) is 23.0 Å². The van der Waals surface area contributed by atoms with Crippen molar-refractivity contribution >= 4 is 0 Å². The van der Waals surface area contributed by atoms with Crippen LogP contribution in [-0.4, -0.2) is 28.9 Å². The molecule has 0 aliphatic heterocycles. The number of benzene rings is 1. The third kappa shape index (κ3) is 2.60. The van der Waals surface area contributed by atoms with Gasteiger partial charge in [-0.25, -0.2) is 4.98 Å². The summed E-state index contributed by atoms with van der Waals surface area (Å²) in [6.07, 6.45) is 1.60. The molecule has 0 radical (unpaired) electrons. The largest absolute Gasteiger partial charge is 0.493 e. The monoisotopic (exact) mass is 285 g/mol. The fraction of sp³-hybridized carbons (Fsp3) is 0.200. The Morgan fingerprint density at radius 3 is 2.86 bits per heavy atom. The number of furan rings is 1. The topological polar surface area (TPSA) is 73.2 Å². The second kappa shape index (κ2) is 5.70. The van der Waals surface area contributed by atoms with Crippen LogP contribution in [0.4, 0.5) is 0 Å². The van der Waals surface area contributed by atoms with Crippen molar-refractivity contribution in [1.29, 1.82) is 0 Å². The number of rotatable bonds is 5. The third-order valence-electron chi connectivity index (χ3n) is 2.96. The number of ether oxygens (including phenoxy) is 2. The third-order valence-corrected chi connectivity index (χ3v) is 2.96. The molecule has 1 aromatic carbocycles. The lowest BCUT2D eigenvalue weighted by Gasteiger charge is -2.09. The Balaban J connectivity index is 1.95. The second-order valence-corrected chi connectivity index (χ2v) is 4.28. The van der Waals surface area contributed by atoms with Crippen LogP contribution < -0.4 is 9.47 Å². The number of hydrogen-bond acceptors (Lipinski definition) is 5. The molecule has 2 aromatic heterocycles. The van der Waals surface area contributed by atoms with Crippen LogP contribution in [-0.2, 0) is 0 Å². The predicted octanol–water partition coefficient (Wildman–Crippen LogP) is 3.14. The van der Waals surface area contributed by atoms with Gasteiger partial charge in [-0.2, -0.15) is 5.10 Å². The summed E-state index contributed by atoms with van der Waals surface area (Å²) in [6, 6.07) is 9.21. The molecule has 0 unspecified atom stereocenters. The van der Waals surface area contributed by atoms with Gasteiger partial charge in [0.25, 0.3) is 0 Å². The summed E-state index contributed by atoms with van der Waals surface area (Å²) in [7, 11) is 1.61. The fourth-order valence-electron chi connectivity index (χ4n) is 2.00. The van der Waals surface area contributed by atoms with Gasteiger partial charge in [0.1, 0.15) is 0 Å². The Bertz CT molecular complexity index is 720. The van der Waals surface area contributed by atoms with Gasteiger partial charge in [-0.05, 0) is 37.3 Å². The Kier molecular flexibility index (Phi) is 3.59. The molecule has 3 aromatic rings. The van der Waals surface area contributed by atoms with Crippen LogP contribution in [0.3, 0.4) is 0 Å². The molecule has 0 aliphatic carbocycles. The standard InChI is InChI=1S/C15H15N3O3/c1-3-20-13-9-10(6-7-11(13)19-2)14-16-15(18-17-14)12-5-4-8-21-12/h4-9H,3H2,1-2H3,(H,16,17,18). The van der Waals surface area contributed by atoms with Crippen molar-refractivity contribution in [2.45, 2.75) is 6.92 Å². The maximum Gasteiger partial charge on any atom is 0.192 e. The van der Waals surface area contributed by atoms with E-state index < -0.39 is 0 Å². The molecule has 1 N–H and O–H groups in total. The summed E-state index contributed by atoms with van der Waals surface area (Å²) in [4.78, 5) is 4.42. The molecule has 0 saturated heterocycles. The lowest BCUT2D eigenvalue weighted by atomic mass is 10.2. The Morgan fingerprint density at radius 2 is 2.14 bits per heavy atom. The van der Waals surface area contributed by atoms with E-state index in [0.29, 0.717) is 35.5 Å². The van der Waals surface area contributed by atoms with Gasteiger partial charge in [0.2, 0.25) is 0 Å². The summed E-state index contributed by atoms with van der Waals surface area (Å²) in [5, 5.41) is 7.07. The molecule has 0 saturated carbocycles. The first kappa shape index (κ1) is 13.2. The minimum Gasteiger partial charge on any atom is -0.493 e. The van der Waals surface area contributed by atoms with Gasteiger partial charge in [-0.15, -0.1) is 0 Å². The number of hydrogen-bond donors (Lipinski definition) is 1. The Morgan fingerprint density at radius 1 is 1.24 bits per heavy atom. The number of methoxy groups -OCH3 is 1. The zero-order chi connectivity index (χ0) is 14.7. The number of nitrogens with zero attached hydrogens (tertiary/aromatic N) is 2. The van der Waals surface area contributed by atoms with E-state index >= 15 is 0 Å². The molecule has 0 bridgehead atoms. The van der Waals surface area contributed by atoms with E-state index in [2.05, 4.69) is 15.2 Å².